The molecule has 0 aliphatic carbocycles. The van der Waals surface area contributed by atoms with Crippen molar-refractivity contribution in [2.75, 3.05) is 29.6 Å². The molecule has 1 heterocycles. The van der Waals surface area contributed by atoms with E-state index in [1.54, 1.807) is 11.3 Å². The Morgan fingerprint density at radius 1 is 1.04 bits per heavy atom. The maximum atomic E-state index is 5.39. The molecule has 0 aliphatic rings. The largest absolute Gasteiger partial charge is 0.378 e. The minimum absolute atomic E-state index is 0.572. The van der Waals surface area contributed by atoms with Crippen LogP contribution < -0.4 is 15.5 Å². The second-order valence-electron chi connectivity index (χ2n) is 5.44. The lowest BCUT2D eigenvalue weighted by Crippen LogP contribution is -2.19. The number of aryl methyl sites for hydroxylation is 1. The van der Waals surface area contributed by atoms with Gasteiger partial charge >= 0.3 is 0 Å². The van der Waals surface area contributed by atoms with E-state index in [-0.39, 0.29) is 0 Å². The van der Waals surface area contributed by atoms with Crippen molar-refractivity contribution in [1.82, 2.24) is 4.98 Å². The number of nitrogens with one attached hydrogen (secondary N) is 2. The molecule has 3 rings (SSSR count). The first-order valence-corrected chi connectivity index (χ1v) is 8.46. The molecule has 23 heavy (non-hydrogen) atoms. The van der Waals surface area contributed by atoms with Gasteiger partial charge in [0.25, 0.3) is 0 Å². The summed E-state index contributed by atoms with van der Waals surface area (Å²) >= 11 is 7.07. The van der Waals surface area contributed by atoms with Gasteiger partial charge in [-0.3, -0.25) is 0 Å². The normalized spacial score (nSPS) is 10.6. The van der Waals surface area contributed by atoms with Crippen LogP contribution in [0.1, 0.15) is 5.01 Å². The molecule has 0 aliphatic heterocycles. The molecule has 2 N–H and O–H groups in total. The smallest absolute Gasteiger partial charge is 0.175 e. The molecule has 0 unspecified atom stereocenters. The van der Waals surface area contributed by atoms with Crippen LogP contribution >= 0.6 is 23.6 Å². The summed E-state index contributed by atoms with van der Waals surface area (Å²) in [6, 6.07) is 14.2. The van der Waals surface area contributed by atoms with Crippen LogP contribution in [0.25, 0.3) is 10.2 Å². The molecule has 0 atom stereocenters. The SMILES string of the molecule is Cc1nc2ccc(NC(=S)Nc3ccc(N(C)C)cc3)cc2s1. The highest BCUT2D eigenvalue weighted by molar-refractivity contribution is 7.80. The van der Waals surface area contributed by atoms with E-state index in [9.17, 15) is 0 Å². The fourth-order valence-corrected chi connectivity index (χ4v) is 3.36. The highest BCUT2D eigenvalue weighted by atomic mass is 32.1. The minimum Gasteiger partial charge on any atom is -0.378 e. The fourth-order valence-electron chi connectivity index (χ4n) is 2.25. The first-order valence-electron chi connectivity index (χ1n) is 7.24. The van der Waals surface area contributed by atoms with Crippen LogP contribution in [0.4, 0.5) is 17.1 Å². The Bertz CT molecular complexity index is 837. The van der Waals surface area contributed by atoms with Gasteiger partial charge < -0.3 is 15.5 Å². The molecule has 1 aromatic heterocycles. The lowest BCUT2D eigenvalue weighted by molar-refractivity contribution is 1.13. The zero-order valence-corrected chi connectivity index (χ0v) is 14.9. The van der Waals surface area contributed by atoms with Gasteiger partial charge in [0.15, 0.2) is 5.11 Å². The van der Waals surface area contributed by atoms with Gasteiger partial charge in [-0.1, -0.05) is 0 Å². The van der Waals surface area contributed by atoms with E-state index < -0.39 is 0 Å². The summed E-state index contributed by atoms with van der Waals surface area (Å²) in [5.74, 6) is 0. The number of hydrogen-bond acceptors (Lipinski definition) is 4. The van der Waals surface area contributed by atoms with Gasteiger partial charge in [-0.05, 0) is 61.6 Å². The molecule has 0 saturated carbocycles. The number of thiazole rings is 1. The Kier molecular flexibility index (Phi) is 4.45. The monoisotopic (exact) mass is 342 g/mol. The molecule has 0 fully saturated rings. The van der Waals surface area contributed by atoms with Gasteiger partial charge in [-0.25, -0.2) is 4.98 Å². The predicted molar refractivity (Wildman–Crippen MR) is 105 cm³/mol. The van der Waals surface area contributed by atoms with E-state index >= 15 is 0 Å². The minimum atomic E-state index is 0.572. The molecule has 118 valence electrons. The summed E-state index contributed by atoms with van der Waals surface area (Å²) in [5, 5.41) is 8.06. The molecular formula is C17H18N4S2. The molecule has 0 saturated heterocycles. The van der Waals surface area contributed by atoms with E-state index in [0.717, 1.165) is 32.3 Å². The molecule has 3 aromatic rings. The van der Waals surface area contributed by atoms with Crippen molar-refractivity contribution in [3.63, 3.8) is 0 Å². The van der Waals surface area contributed by atoms with Crippen molar-refractivity contribution in [1.29, 1.82) is 0 Å². The fraction of sp³-hybridized carbons (Fsp3) is 0.176. The van der Waals surface area contributed by atoms with E-state index in [1.807, 2.05) is 45.3 Å². The molecule has 0 bridgehead atoms. The zero-order valence-electron chi connectivity index (χ0n) is 13.3. The second kappa shape index (κ2) is 6.52. The molecular weight excluding hydrogens is 324 g/mol. The van der Waals surface area contributed by atoms with Crippen molar-refractivity contribution >= 4 is 55.9 Å². The standard InChI is InChI=1S/C17H18N4S2/c1-11-18-15-9-6-13(10-16(15)23-11)20-17(22)19-12-4-7-14(8-5-12)21(2)3/h4-10H,1-3H3,(H2,19,20,22). The molecule has 0 spiro atoms. The third-order valence-electron chi connectivity index (χ3n) is 3.39. The number of fused-ring (bicyclic) bond motifs is 1. The van der Waals surface area contributed by atoms with Crippen LogP contribution in [0.3, 0.4) is 0 Å². The summed E-state index contributed by atoms with van der Waals surface area (Å²) in [5.41, 5.74) is 4.10. The molecule has 4 nitrogen and oxygen atoms in total. The van der Waals surface area contributed by atoms with Crippen LogP contribution in [0.15, 0.2) is 42.5 Å². The first kappa shape index (κ1) is 15.7. The van der Waals surface area contributed by atoms with Gasteiger partial charge in [-0.2, -0.15) is 0 Å². The van der Waals surface area contributed by atoms with Crippen LogP contribution in [-0.2, 0) is 0 Å². The van der Waals surface area contributed by atoms with Crippen LogP contribution in [0, 0.1) is 6.92 Å². The summed E-state index contributed by atoms with van der Waals surface area (Å²) in [6.45, 7) is 2.02. The van der Waals surface area contributed by atoms with Crippen molar-refractivity contribution in [2.45, 2.75) is 6.92 Å². The van der Waals surface area contributed by atoms with Crippen LogP contribution in [-0.4, -0.2) is 24.2 Å². The number of thiocarbonyl (C=S) groups is 1. The Hall–Kier alpha value is -2.18. The number of nitrogens with zero attached hydrogens (tertiary/aromatic N) is 2. The van der Waals surface area contributed by atoms with Gasteiger partial charge in [0.2, 0.25) is 0 Å². The maximum Gasteiger partial charge on any atom is 0.175 e. The lowest BCUT2D eigenvalue weighted by Gasteiger charge is -2.14. The van der Waals surface area contributed by atoms with E-state index in [0.29, 0.717) is 5.11 Å². The topological polar surface area (TPSA) is 40.2 Å². The van der Waals surface area contributed by atoms with Crippen molar-refractivity contribution in [2.24, 2.45) is 0 Å². The average molecular weight is 342 g/mol. The Labute approximate surface area is 145 Å². The lowest BCUT2D eigenvalue weighted by atomic mass is 10.2. The van der Waals surface area contributed by atoms with Gasteiger partial charge in [0.1, 0.15) is 0 Å². The van der Waals surface area contributed by atoms with Crippen molar-refractivity contribution in [3.8, 4) is 0 Å². The van der Waals surface area contributed by atoms with Gasteiger partial charge in [0.05, 0.1) is 15.2 Å². The summed E-state index contributed by atoms with van der Waals surface area (Å²) in [6.07, 6.45) is 0. The Morgan fingerprint density at radius 3 is 2.39 bits per heavy atom. The average Bonchev–Trinajstić information content (AvgIpc) is 2.87. The quantitative estimate of drug-likeness (QED) is 0.687. The molecule has 2 aromatic carbocycles. The molecule has 0 amide bonds. The summed E-state index contributed by atoms with van der Waals surface area (Å²) < 4.78 is 1.16. The summed E-state index contributed by atoms with van der Waals surface area (Å²) in [7, 11) is 4.04. The number of anilines is 3. The van der Waals surface area contributed by atoms with Crippen LogP contribution in [0.2, 0.25) is 0 Å². The zero-order chi connectivity index (χ0) is 16.4. The van der Waals surface area contributed by atoms with Crippen LogP contribution in [0.5, 0.6) is 0 Å². The number of benzene rings is 2. The third kappa shape index (κ3) is 3.78. The van der Waals surface area contributed by atoms with E-state index in [4.69, 9.17) is 12.2 Å². The number of aromatic nitrogens is 1. The predicted octanol–water partition coefficient (Wildman–Crippen LogP) is 4.48. The second-order valence-corrected chi connectivity index (χ2v) is 7.08. The molecule has 0 radical (unpaired) electrons. The Balaban J connectivity index is 1.67. The van der Waals surface area contributed by atoms with Gasteiger partial charge in [-0.15, -0.1) is 11.3 Å². The number of hydrogen-bond donors (Lipinski definition) is 2. The highest BCUT2D eigenvalue weighted by Crippen LogP contribution is 2.25. The molecule has 6 heteroatoms. The van der Waals surface area contributed by atoms with E-state index in [2.05, 4.69) is 38.7 Å². The summed E-state index contributed by atoms with van der Waals surface area (Å²) in [4.78, 5) is 6.52. The third-order valence-corrected chi connectivity index (χ3v) is 4.53. The van der Waals surface area contributed by atoms with Crippen molar-refractivity contribution < 1.29 is 0 Å². The first-order chi connectivity index (χ1) is 11.0. The van der Waals surface area contributed by atoms with Crippen molar-refractivity contribution in [3.05, 3.63) is 47.5 Å². The number of rotatable bonds is 3. The highest BCUT2D eigenvalue weighted by Gasteiger charge is 2.04. The Morgan fingerprint density at radius 2 is 1.70 bits per heavy atom. The van der Waals surface area contributed by atoms with E-state index in [1.165, 1.54) is 0 Å². The maximum absolute atomic E-state index is 5.39. The van der Waals surface area contributed by atoms with Gasteiger partial charge in [0, 0.05) is 31.2 Å².